The highest BCUT2D eigenvalue weighted by atomic mass is 16.3. The number of likely N-dealkylation sites (tertiary alicyclic amines) is 2. The van der Waals surface area contributed by atoms with E-state index in [9.17, 15) is 9.90 Å². The average molecular weight is 316 g/mol. The predicted octanol–water partition coefficient (Wildman–Crippen LogP) is 2.37. The molecule has 2 fully saturated rings. The predicted molar refractivity (Wildman–Crippen MR) is 91.0 cm³/mol. The maximum absolute atomic E-state index is 12.3. The van der Waals surface area contributed by atoms with E-state index in [4.69, 9.17) is 0 Å². The highest BCUT2D eigenvalue weighted by molar-refractivity contribution is 5.76. The van der Waals surface area contributed by atoms with E-state index in [2.05, 4.69) is 4.90 Å². The molecule has 0 saturated carbocycles. The molecule has 2 atom stereocenters. The SMILES string of the molecule is CCCC(=O)N1CC[C@](O)(c2ccccc2)[C@H](N2CCCC2)C1. The third-order valence-corrected chi connectivity index (χ3v) is 5.38. The van der Waals surface area contributed by atoms with Gasteiger partial charge in [0.15, 0.2) is 0 Å². The molecule has 0 aromatic heterocycles. The van der Waals surface area contributed by atoms with Crippen molar-refractivity contribution in [3.05, 3.63) is 35.9 Å². The minimum Gasteiger partial charge on any atom is -0.383 e. The van der Waals surface area contributed by atoms with E-state index in [1.54, 1.807) is 0 Å². The number of hydrogen-bond acceptors (Lipinski definition) is 3. The number of amides is 1. The van der Waals surface area contributed by atoms with Gasteiger partial charge in [0.05, 0.1) is 6.04 Å². The molecule has 1 N–H and O–H groups in total. The first-order valence-corrected chi connectivity index (χ1v) is 8.95. The van der Waals surface area contributed by atoms with Gasteiger partial charge in [0.2, 0.25) is 5.91 Å². The number of nitrogens with zero attached hydrogens (tertiary/aromatic N) is 2. The van der Waals surface area contributed by atoms with Crippen LogP contribution in [-0.2, 0) is 10.4 Å². The van der Waals surface area contributed by atoms with Crippen LogP contribution in [-0.4, -0.2) is 53.0 Å². The monoisotopic (exact) mass is 316 g/mol. The van der Waals surface area contributed by atoms with Crippen molar-refractivity contribution in [2.24, 2.45) is 0 Å². The Morgan fingerprint density at radius 1 is 1.22 bits per heavy atom. The Bertz CT molecular complexity index is 527. The first-order chi connectivity index (χ1) is 11.1. The molecule has 1 aromatic carbocycles. The largest absolute Gasteiger partial charge is 0.383 e. The average Bonchev–Trinajstić information content (AvgIpc) is 3.10. The quantitative estimate of drug-likeness (QED) is 0.927. The summed E-state index contributed by atoms with van der Waals surface area (Å²) >= 11 is 0. The second kappa shape index (κ2) is 7.02. The second-order valence-electron chi connectivity index (χ2n) is 6.89. The topological polar surface area (TPSA) is 43.8 Å². The van der Waals surface area contributed by atoms with Gasteiger partial charge in [-0.3, -0.25) is 9.69 Å². The molecule has 0 aliphatic carbocycles. The van der Waals surface area contributed by atoms with Crippen LogP contribution in [0, 0.1) is 0 Å². The normalized spacial score (nSPS) is 29.0. The Kier molecular flexibility index (Phi) is 5.02. The highest BCUT2D eigenvalue weighted by Crippen LogP contribution is 2.37. The molecule has 126 valence electrons. The molecular formula is C19H28N2O2. The molecule has 4 nitrogen and oxygen atoms in total. The van der Waals surface area contributed by atoms with Crippen LogP contribution in [0.4, 0.5) is 0 Å². The first-order valence-electron chi connectivity index (χ1n) is 8.95. The van der Waals surface area contributed by atoms with Crippen molar-refractivity contribution in [2.45, 2.75) is 50.7 Å². The third-order valence-electron chi connectivity index (χ3n) is 5.38. The fourth-order valence-electron chi connectivity index (χ4n) is 4.06. The Morgan fingerprint density at radius 3 is 2.57 bits per heavy atom. The smallest absolute Gasteiger partial charge is 0.222 e. The summed E-state index contributed by atoms with van der Waals surface area (Å²) in [7, 11) is 0. The van der Waals surface area contributed by atoms with Gasteiger partial charge in [0.1, 0.15) is 5.60 Å². The van der Waals surface area contributed by atoms with E-state index in [-0.39, 0.29) is 11.9 Å². The van der Waals surface area contributed by atoms with E-state index >= 15 is 0 Å². The number of rotatable bonds is 4. The molecule has 2 aliphatic rings. The van der Waals surface area contributed by atoms with E-state index in [1.807, 2.05) is 42.2 Å². The third kappa shape index (κ3) is 3.29. The zero-order valence-corrected chi connectivity index (χ0v) is 14.1. The number of hydrogen-bond donors (Lipinski definition) is 1. The molecule has 0 spiro atoms. The van der Waals surface area contributed by atoms with Crippen molar-refractivity contribution in [3.63, 3.8) is 0 Å². The molecule has 1 amide bonds. The molecule has 0 bridgehead atoms. The van der Waals surface area contributed by atoms with Gasteiger partial charge in [-0.2, -0.15) is 0 Å². The molecule has 0 radical (unpaired) electrons. The van der Waals surface area contributed by atoms with E-state index in [0.717, 1.165) is 25.1 Å². The first kappa shape index (κ1) is 16.5. The van der Waals surface area contributed by atoms with Crippen LogP contribution in [0.15, 0.2) is 30.3 Å². The Hall–Kier alpha value is -1.39. The highest BCUT2D eigenvalue weighted by Gasteiger charge is 2.46. The lowest BCUT2D eigenvalue weighted by Crippen LogP contribution is -2.61. The number of carbonyl (C=O) groups excluding carboxylic acids is 1. The Labute approximate surface area is 139 Å². The Balaban J connectivity index is 1.86. The van der Waals surface area contributed by atoms with Gasteiger partial charge in [0, 0.05) is 19.5 Å². The molecule has 1 aromatic rings. The van der Waals surface area contributed by atoms with Crippen LogP contribution in [0.2, 0.25) is 0 Å². The Morgan fingerprint density at radius 2 is 1.91 bits per heavy atom. The van der Waals surface area contributed by atoms with Gasteiger partial charge >= 0.3 is 0 Å². The summed E-state index contributed by atoms with van der Waals surface area (Å²) in [5, 5.41) is 11.5. The van der Waals surface area contributed by atoms with E-state index in [1.165, 1.54) is 12.8 Å². The minimum absolute atomic E-state index is 0.00181. The van der Waals surface area contributed by atoms with Crippen molar-refractivity contribution < 1.29 is 9.90 Å². The molecule has 3 rings (SSSR count). The van der Waals surface area contributed by atoms with Gasteiger partial charge < -0.3 is 10.0 Å². The zero-order chi connectivity index (χ0) is 16.3. The lowest BCUT2D eigenvalue weighted by atomic mass is 9.79. The maximum Gasteiger partial charge on any atom is 0.222 e. The van der Waals surface area contributed by atoms with Gasteiger partial charge in [-0.15, -0.1) is 0 Å². The second-order valence-corrected chi connectivity index (χ2v) is 6.89. The number of carbonyl (C=O) groups is 1. The summed E-state index contributed by atoms with van der Waals surface area (Å²) < 4.78 is 0. The van der Waals surface area contributed by atoms with Crippen molar-refractivity contribution in [1.82, 2.24) is 9.80 Å². The number of piperidine rings is 1. The van der Waals surface area contributed by atoms with Crippen LogP contribution in [0.25, 0.3) is 0 Å². The summed E-state index contributed by atoms with van der Waals surface area (Å²) in [4.78, 5) is 16.7. The lowest BCUT2D eigenvalue weighted by molar-refractivity contribution is -0.143. The molecule has 0 unspecified atom stereocenters. The van der Waals surface area contributed by atoms with Crippen molar-refractivity contribution in [2.75, 3.05) is 26.2 Å². The molecule has 23 heavy (non-hydrogen) atoms. The van der Waals surface area contributed by atoms with Gasteiger partial charge in [0.25, 0.3) is 0 Å². The summed E-state index contributed by atoms with van der Waals surface area (Å²) in [5.41, 5.74) is 0.133. The van der Waals surface area contributed by atoms with Gasteiger partial charge in [-0.25, -0.2) is 0 Å². The van der Waals surface area contributed by atoms with Crippen LogP contribution in [0.1, 0.15) is 44.6 Å². The number of benzene rings is 1. The van der Waals surface area contributed by atoms with E-state index < -0.39 is 5.60 Å². The van der Waals surface area contributed by atoms with E-state index in [0.29, 0.717) is 25.9 Å². The summed E-state index contributed by atoms with van der Waals surface area (Å²) in [5.74, 6) is 0.229. The van der Waals surface area contributed by atoms with Crippen LogP contribution in [0.3, 0.4) is 0 Å². The van der Waals surface area contributed by atoms with Gasteiger partial charge in [-0.1, -0.05) is 37.3 Å². The number of aliphatic hydroxyl groups is 1. The molecule has 2 saturated heterocycles. The molecule has 2 heterocycles. The van der Waals surface area contributed by atoms with Crippen molar-refractivity contribution >= 4 is 5.91 Å². The van der Waals surface area contributed by atoms with Crippen LogP contribution >= 0.6 is 0 Å². The molecular weight excluding hydrogens is 288 g/mol. The summed E-state index contributed by atoms with van der Waals surface area (Å²) in [6.45, 7) is 5.38. The molecule has 2 aliphatic heterocycles. The lowest BCUT2D eigenvalue weighted by Gasteiger charge is -2.48. The fourth-order valence-corrected chi connectivity index (χ4v) is 4.06. The van der Waals surface area contributed by atoms with Crippen molar-refractivity contribution in [1.29, 1.82) is 0 Å². The summed E-state index contributed by atoms with van der Waals surface area (Å²) in [6.07, 6.45) is 4.48. The van der Waals surface area contributed by atoms with Crippen LogP contribution in [0.5, 0.6) is 0 Å². The van der Waals surface area contributed by atoms with Crippen LogP contribution < -0.4 is 0 Å². The van der Waals surface area contributed by atoms with Crippen molar-refractivity contribution in [3.8, 4) is 0 Å². The maximum atomic E-state index is 12.3. The minimum atomic E-state index is -0.853. The standard InChI is InChI=1S/C19H28N2O2/c1-2-8-18(22)21-14-11-19(23,16-9-4-3-5-10-16)17(15-21)20-12-6-7-13-20/h3-5,9-10,17,23H,2,6-8,11-15H2,1H3/t17-,19+/m1/s1. The fraction of sp³-hybridized carbons (Fsp3) is 0.632. The molecule has 4 heteroatoms. The zero-order valence-electron chi connectivity index (χ0n) is 14.1. The van der Waals surface area contributed by atoms with Gasteiger partial charge in [-0.05, 0) is 44.3 Å². The summed E-state index contributed by atoms with van der Waals surface area (Å²) in [6, 6.07) is 10.0.